The van der Waals surface area contributed by atoms with Crippen LogP contribution in [0.2, 0.25) is 5.02 Å². The molecule has 0 spiro atoms. The van der Waals surface area contributed by atoms with Gasteiger partial charge in [0.15, 0.2) is 0 Å². The average molecular weight is 409 g/mol. The quantitative estimate of drug-likeness (QED) is 0.569. The monoisotopic (exact) mass is 408 g/mol. The number of rotatable bonds is 6. The molecule has 1 aliphatic rings. The summed E-state index contributed by atoms with van der Waals surface area (Å²) in [5, 5.41) is 12.9. The van der Waals surface area contributed by atoms with Crippen LogP contribution in [0.25, 0.3) is 0 Å². The molecule has 0 aliphatic carbocycles. The van der Waals surface area contributed by atoms with Crippen LogP contribution in [0.4, 0.5) is 0 Å². The Morgan fingerprint density at radius 2 is 2.00 bits per heavy atom. The van der Waals surface area contributed by atoms with Crippen molar-refractivity contribution in [1.29, 1.82) is 5.26 Å². The summed E-state index contributed by atoms with van der Waals surface area (Å²) < 4.78 is 9.62. The normalized spacial score (nSPS) is 19.1. The second-order valence-electron chi connectivity index (χ2n) is 5.47. The molecule has 1 N–H and O–H groups in total. The molecule has 0 aromatic heterocycles. The summed E-state index contributed by atoms with van der Waals surface area (Å²) in [6.45, 7) is 1.91. The number of thioether (sulfide) groups is 1. The minimum Gasteiger partial charge on any atom is -0.468 e. The van der Waals surface area contributed by atoms with Crippen molar-refractivity contribution >= 4 is 41.2 Å². The van der Waals surface area contributed by atoms with Gasteiger partial charge in [-0.3, -0.25) is 14.4 Å². The van der Waals surface area contributed by atoms with Gasteiger partial charge in [0.1, 0.15) is 5.92 Å². The predicted molar refractivity (Wildman–Crippen MR) is 99.6 cm³/mol. The topological polar surface area (TPSA) is 105 Å². The van der Waals surface area contributed by atoms with Gasteiger partial charge in [-0.05, 0) is 24.6 Å². The number of esters is 2. The molecule has 0 saturated carbocycles. The molecule has 0 unspecified atom stereocenters. The van der Waals surface area contributed by atoms with E-state index in [2.05, 4.69) is 11.4 Å². The summed E-state index contributed by atoms with van der Waals surface area (Å²) in [5.74, 6) is -3.98. The summed E-state index contributed by atoms with van der Waals surface area (Å²) in [5.41, 5.74) is 0.733. The van der Waals surface area contributed by atoms with Crippen molar-refractivity contribution in [1.82, 2.24) is 5.32 Å². The molecule has 0 saturated heterocycles. The summed E-state index contributed by atoms with van der Waals surface area (Å²) in [6.07, 6.45) is 0. The zero-order valence-electron chi connectivity index (χ0n) is 14.7. The van der Waals surface area contributed by atoms with Crippen LogP contribution in [0.15, 0.2) is 34.9 Å². The molecule has 9 heteroatoms. The standard InChI is InChI=1S/C18H17ClN2O5S/c1-3-26-13(22)9-27-17-12(8-20)14(10-4-6-11(19)7-5-10)15(16(23)21-17)18(24)25-2/h4-7,14-15H,3,9H2,1-2H3,(H,21,23)/t14-,15-/m1/s1. The lowest BCUT2D eigenvalue weighted by atomic mass is 9.78. The van der Waals surface area contributed by atoms with Crippen LogP contribution in [0.1, 0.15) is 18.4 Å². The zero-order chi connectivity index (χ0) is 20.0. The lowest BCUT2D eigenvalue weighted by Gasteiger charge is -2.30. The summed E-state index contributed by atoms with van der Waals surface area (Å²) in [4.78, 5) is 36.4. The first-order valence-electron chi connectivity index (χ1n) is 7.99. The van der Waals surface area contributed by atoms with E-state index in [4.69, 9.17) is 21.1 Å². The fourth-order valence-corrected chi connectivity index (χ4v) is 3.66. The van der Waals surface area contributed by atoms with Gasteiger partial charge in [-0.15, -0.1) is 0 Å². The van der Waals surface area contributed by atoms with Crippen molar-refractivity contribution in [3.05, 3.63) is 45.5 Å². The number of allylic oxidation sites excluding steroid dienone is 1. The second-order valence-corrected chi connectivity index (χ2v) is 6.89. The number of carbonyl (C=O) groups excluding carboxylic acids is 3. The Morgan fingerprint density at radius 3 is 2.56 bits per heavy atom. The van der Waals surface area contributed by atoms with E-state index >= 15 is 0 Å². The number of nitriles is 1. The molecular formula is C18H17ClN2O5S. The lowest BCUT2D eigenvalue weighted by Crippen LogP contribution is -2.44. The minimum absolute atomic E-state index is 0.0785. The SMILES string of the molecule is CCOC(=O)CSC1=C(C#N)[C@@H](c2ccc(Cl)cc2)[C@@H](C(=O)OC)C(=O)N1. The van der Waals surface area contributed by atoms with E-state index in [1.54, 1.807) is 31.2 Å². The van der Waals surface area contributed by atoms with Crippen molar-refractivity contribution in [2.75, 3.05) is 19.5 Å². The van der Waals surface area contributed by atoms with Gasteiger partial charge in [-0.25, -0.2) is 0 Å². The van der Waals surface area contributed by atoms with E-state index in [-0.39, 0.29) is 23.0 Å². The highest BCUT2D eigenvalue weighted by molar-refractivity contribution is 8.03. The molecule has 1 amide bonds. The Hall–Kier alpha value is -2.50. The van der Waals surface area contributed by atoms with Gasteiger partial charge in [-0.1, -0.05) is 35.5 Å². The summed E-state index contributed by atoms with van der Waals surface area (Å²) in [7, 11) is 1.18. The summed E-state index contributed by atoms with van der Waals surface area (Å²) >= 11 is 6.89. The number of hydrogen-bond donors (Lipinski definition) is 1. The van der Waals surface area contributed by atoms with E-state index in [1.807, 2.05) is 0 Å². The number of nitrogens with one attached hydrogen (secondary N) is 1. The van der Waals surface area contributed by atoms with E-state index in [0.29, 0.717) is 10.6 Å². The van der Waals surface area contributed by atoms with Crippen molar-refractivity contribution in [3.8, 4) is 6.07 Å². The molecule has 142 valence electrons. The smallest absolute Gasteiger partial charge is 0.319 e. The minimum atomic E-state index is -1.22. The molecule has 1 heterocycles. The Labute approximate surface area is 165 Å². The first-order valence-corrected chi connectivity index (χ1v) is 9.36. The number of amides is 1. The van der Waals surface area contributed by atoms with Gasteiger partial charge in [0.25, 0.3) is 0 Å². The van der Waals surface area contributed by atoms with Crippen LogP contribution < -0.4 is 5.32 Å². The molecule has 7 nitrogen and oxygen atoms in total. The first kappa shape index (κ1) is 20.8. The number of methoxy groups -OCH3 is 1. The third kappa shape index (κ3) is 4.81. The number of hydrogen-bond acceptors (Lipinski definition) is 7. The summed E-state index contributed by atoms with van der Waals surface area (Å²) in [6, 6.07) is 8.56. The lowest BCUT2D eigenvalue weighted by molar-refractivity contribution is -0.150. The van der Waals surface area contributed by atoms with Gasteiger partial charge in [-0.2, -0.15) is 5.26 Å². The number of nitrogens with zero attached hydrogens (tertiary/aromatic N) is 1. The van der Waals surface area contributed by atoms with E-state index in [1.165, 1.54) is 7.11 Å². The fraction of sp³-hybridized carbons (Fsp3) is 0.333. The third-order valence-electron chi connectivity index (χ3n) is 3.85. The molecule has 1 aliphatic heterocycles. The zero-order valence-corrected chi connectivity index (χ0v) is 16.2. The number of ether oxygens (including phenoxy) is 2. The van der Waals surface area contributed by atoms with Crippen molar-refractivity contribution in [3.63, 3.8) is 0 Å². The maximum absolute atomic E-state index is 12.6. The molecule has 1 aromatic carbocycles. The van der Waals surface area contributed by atoms with Crippen LogP contribution in [0.5, 0.6) is 0 Å². The number of carbonyl (C=O) groups is 3. The number of halogens is 1. The van der Waals surface area contributed by atoms with Crippen LogP contribution in [-0.2, 0) is 23.9 Å². The average Bonchev–Trinajstić information content (AvgIpc) is 2.66. The highest BCUT2D eigenvalue weighted by atomic mass is 35.5. The molecule has 2 rings (SSSR count). The largest absolute Gasteiger partial charge is 0.468 e. The fourth-order valence-electron chi connectivity index (χ4n) is 2.68. The van der Waals surface area contributed by atoms with Crippen molar-refractivity contribution in [2.24, 2.45) is 5.92 Å². The maximum atomic E-state index is 12.6. The van der Waals surface area contributed by atoms with Gasteiger partial charge in [0, 0.05) is 10.9 Å². The molecule has 0 fully saturated rings. The highest BCUT2D eigenvalue weighted by Crippen LogP contribution is 2.40. The molecule has 0 radical (unpaired) electrons. The van der Waals surface area contributed by atoms with Gasteiger partial charge >= 0.3 is 11.9 Å². The Morgan fingerprint density at radius 1 is 1.33 bits per heavy atom. The van der Waals surface area contributed by atoms with Crippen LogP contribution in [-0.4, -0.2) is 37.3 Å². The van der Waals surface area contributed by atoms with Gasteiger partial charge in [0.2, 0.25) is 5.91 Å². The maximum Gasteiger partial charge on any atom is 0.319 e. The molecule has 1 aromatic rings. The Bertz CT molecular complexity index is 816. The first-order chi connectivity index (χ1) is 12.9. The number of benzene rings is 1. The van der Waals surface area contributed by atoms with Crippen LogP contribution in [0, 0.1) is 17.2 Å². The molecule has 27 heavy (non-hydrogen) atoms. The second kappa shape index (κ2) is 9.44. The van der Waals surface area contributed by atoms with E-state index in [0.717, 1.165) is 11.8 Å². The Balaban J connectivity index is 2.48. The van der Waals surface area contributed by atoms with Crippen molar-refractivity contribution in [2.45, 2.75) is 12.8 Å². The van der Waals surface area contributed by atoms with Gasteiger partial charge in [0.05, 0.1) is 36.1 Å². The molecule has 2 atom stereocenters. The molecule has 0 bridgehead atoms. The van der Waals surface area contributed by atoms with Crippen LogP contribution in [0.3, 0.4) is 0 Å². The van der Waals surface area contributed by atoms with Crippen molar-refractivity contribution < 1.29 is 23.9 Å². The predicted octanol–water partition coefficient (Wildman–Crippen LogP) is 2.37. The van der Waals surface area contributed by atoms with Gasteiger partial charge < -0.3 is 14.8 Å². The highest BCUT2D eigenvalue weighted by Gasteiger charge is 2.44. The van der Waals surface area contributed by atoms with E-state index in [9.17, 15) is 19.6 Å². The third-order valence-corrected chi connectivity index (χ3v) is 5.10. The van der Waals surface area contributed by atoms with E-state index < -0.39 is 29.7 Å². The molecular weight excluding hydrogens is 392 g/mol. The Kier molecular flexibility index (Phi) is 7.28. The van der Waals surface area contributed by atoms with Crippen LogP contribution >= 0.6 is 23.4 Å².